The SMILES string of the molecule is CC(=O)NC1[C@H](O[C@H]2C(CO)O[C@@H](C)C(NC(C)=O)[C@H]2O)OC(CO)[C@H](O[C@@H]2OC(CO[C@@H]3OC(CO)[C@H](O)[C@H](O)C3O)[C@H](O)[C@H](O[C@@H]3O[C@H](CO)[C@H](O)C(O)C3O)C2O)[C@@H]1O. The number of hydrogen-bond donors (Lipinski definition) is 16. The summed E-state index contributed by atoms with van der Waals surface area (Å²) in [5, 5.41) is 153. The summed E-state index contributed by atoms with van der Waals surface area (Å²) < 4.78 is 51.6. The van der Waals surface area contributed by atoms with Gasteiger partial charge in [0.1, 0.15) is 116 Å². The highest BCUT2D eigenvalue weighted by molar-refractivity contribution is 5.73. The topological polar surface area (TPSA) is 424 Å². The molecule has 27 heteroatoms. The molecule has 0 radical (unpaired) electrons. The average molecular weight is 909 g/mol. The van der Waals surface area contributed by atoms with Gasteiger partial charge in [0.2, 0.25) is 11.8 Å². The fourth-order valence-corrected chi connectivity index (χ4v) is 7.98. The van der Waals surface area contributed by atoms with Crippen LogP contribution in [0.15, 0.2) is 0 Å². The van der Waals surface area contributed by atoms with E-state index >= 15 is 0 Å². The second-order valence-corrected chi connectivity index (χ2v) is 15.8. The first-order chi connectivity index (χ1) is 29.3. The summed E-state index contributed by atoms with van der Waals surface area (Å²) in [5.74, 6) is -1.29. The normalized spacial score (nSPS) is 49.0. The van der Waals surface area contributed by atoms with E-state index in [0.717, 1.165) is 6.92 Å². The Morgan fingerprint density at radius 3 is 1.37 bits per heavy atom. The molecule has 0 aliphatic carbocycles. The van der Waals surface area contributed by atoms with Crippen molar-refractivity contribution in [2.75, 3.05) is 33.0 Å². The van der Waals surface area contributed by atoms with Crippen LogP contribution in [0.3, 0.4) is 0 Å². The van der Waals surface area contributed by atoms with Gasteiger partial charge in [-0.25, -0.2) is 0 Å². The van der Waals surface area contributed by atoms with Gasteiger partial charge < -0.3 is 125 Å². The third-order valence-electron chi connectivity index (χ3n) is 11.4. The van der Waals surface area contributed by atoms with Gasteiger partial charge in [0.05, 0.1) is 45.2 Å². The van der Waals surface area contributed by atoms with Gasteiger partial charge in [-0.15, -0.1) is 0 Å². The lowest BCUT2D eigenvalue weighted by atomic mass is 9.92. The zero-order valence-electron chi connectivity index (χ0n) is 33.7. The van der Waals surface area contributed by atoms with Crippen molar-refractivity contribution >= 4 is 11.8 Å². The van der Waals surface area contributed by atoms with Gasteiger partial charge in [0.25, 0.3) is 0 Å². The van der Waals surface area contributed by atoms with Crippen molar-refractivity contribution in [2.45, 2.75) is 174 Å². The maximum atomic E-state index is 12.5. The number of nitrogens with one attached hydrogen (secondary N) is 2. The van der Waals surface area contributed by atoms with Gasteiger partial charge in [-0.3, -0.25) is 9.59 Å². The van der Waals surface area contributed by atoms with E-state index in [2.05, 4.69) is 10.6 Å². The van der Waals surface area contributed by atoms with E-state index in [9.17, 15) is 81.1 Å². The molecule has 360 valence electrons. The molecule has 5 saturated heterocycles. The molecule has 5 heterocycles. The maximum absolute atomic E-state index is 12.5. The van der Waals surface area contributed by atoms with Crippen molar-refractivity contribution in [1.29, 1.82) is 0 Å². The minimum atomic E-state index is -2.16. The first-order valence-corrected chi connectivity index (χ1v) is 19.9. The summed E-state index contributed by atoms with van der Waals surface area (Å²) in [6.45, 7) is -0.399. The molecule has 27 nitrogen and oxygen atoms in total. The number of carbonyl (C=O) groups excluding carboxylic acids is 2. The third kappa shape index (κ3) is 11.0. The van der Waals surface area contributed by atoms with Crippen LogP contribution < -0.4 is 10.6 Å². The predicted octanol–water partition coefficient (Wildman–Crippen LogP) is -10.6. The van der Waals surface area contributed by atoms with E-state index in [-0.39, 0.29) is 0 Å². The van der Waals surface area contributed by atoms with Crippen LogP contribution in [0, 0.1) is 0 Å². The van der Waals surface area contributed by atoms with Crippen molar-refractivity contribution in [2.24, 2.45) is 0 Å². The van der Waals surface area contributed by atoms with Crippen molar-refractivity contribution in [3.8, 4) is 0 Å². The van der Waals surface area contributed by atoms with E-state index in [1.165, 1.54) is 13.8 Å². The van der Waals surface area contributed by atoms with Gasteiger partial charge >= 0.3 is 0 Å². The minimum Gasteiger partial charge on any atom is -0.394 e. The molecule has 10 unspecified atom stereocenters. The van der Waals surface area contributed by atoms with Crippen LogP contribution in [0.25, 0.3) is 0 Å². The fraction of sp³-hybridized carbons (Fsp3) is 0.943. The number of rotatable bonds is 15. The maximum Gasteiger partial charge on any atom is 0.217 e. The number of ether oxygens (including phenoxy) is 9. The van der Waals surface area contributed by atoms with Crippen molar-refractivity contribution in [3.05, 3.63) is 0 Å². The van der Waals surface area contributed by atoms with Gasteiger partial charge in [-0.2, -0.15) is 0 Å². The monoisotopic (exact) mass is 908 g/mol. The second kappa shape index (κ2) is 22.0. The van der Waals surface area contributed by atoms with E-state index in [4.69, 9.17) is 42.6 Å². The van der Waals surface area contributed by atoms with Crippen LogP contribution in [0.5, 0.6) is 0 Å². The predicted molar refractivity (Wildman–Crippen MR) is 193 cm³/mol. The highest BCUT2D eigenvalue weighted by Crippen LogP contribution is 2.35. The molecule has 2 amide bonds. The standard InChI is InChI=1S/C35H60N2O25/c1-9-17(36-10(2)42)22(47)29(14(6-40)55-9)60-32-18(37-11(3)43)23(48)30(15(7-41)58-32)61-35-28(53)31(62-34-27(52)25(50)20(45)13(5-39)57-34)21(46)16(59-35)8-54-33-26(51)24(49)19(44)12(4-38)56-33/h9,12-35,38-41,44-53H,4-8H2,1-3H3,(H,36,42)(H,37,43)/t9-,12?,13+,14?,15?,16?,17?,18?,19-,20-,21-,22+,23+,24-,25?,26?,27?,28?,29-,30-,31-,32-,33+,34-,35-/m0/s1. The highest BCUT2D eigenvalue weighted by atomic mass is 16.8. The minimum absolute atomic E-state index is 0.533. The van der Waals surface area contributed by atoms with Gasteiger partial charge in [0.15, 0.2) is 25.2 Å². The lowest BCUT2D eigenvalue weighted by Crippen LogP contribution is -2.70. The van der Waals surface area contributed by atoms with E-state index < -0.39 is 198 Å². The molecule has 16 N–H and O–H groups in total. The first kappa shape index (κ1) is 51.0. The van der Waals surface area contributed by atoms with Crippen molar-refractivity contribution in [1.82, 2.24) is 10.6 Å². The van der Waals surface area contributed by atoms with Gasteiger partial charge in [-0.1, -0.05) is 0 Å². The molecule has 5 aliphatic heterocycles. The Morgan fingerprint density at radius 1 is 0.435 bits per heavy atom. The Kier molecular flexibility index (Phi) is 18.1. The highest BCUT2D eigenvalue weighted by Gasteiger charge is 2.56. The molecule has 62 heavy (non-hydrogen) atoms. The summed E-state index contributed by atoms with van der Waals surface area (Å²) in [6, 6.07) is -2.68. The zero-order valence-corrected chi connectivity index (χ0v) is 33.7. The molecule has 0 spiro atoms. The number of aliphatic hydroxyl groups excluding tert-OH is 14. The van der Waals surface area contributed by atoms with Gasteiger partial charge in [0, 0.05) is 13.8 Å². The lowest BCUT2D eigenvalue weighted by Gasteiger charge is -2.50. The van der Waals surface area contributed by atoms with Crippen LogP contribution >= 0.6 is 0 Å². The Morgan fingerprint density at radius 2 is 0.839 bits per heavy atom. The van der Waals surface area contributed by atoms with E-state index in [1.54, 1.807) is 0 Å². The third-order valence-corrected chi connectivity index (χ3v) is 11.4. The van der Waals surface area contributed by atoms with E-state index in [0.29, 0.717) is 0 Å². The van der Waals surface area contributed by atoms with Crippen LogP contribution in [0.2, 0.25) is 0 Å². The number of hydrogen-bond acceptors (Lipinski definition) is 25. The molecule has 5 aliphatic rings. The van der Waals surface area contributed by atoms with Crippen molar-refractivity contribution < 1.29 is 124 Å². The Balaban J connectivity index is 1.41. The average Bonchev–Trinajstić information content (AvgIpc) is 3.23. The molecule has 5 rings (SSSR count). The summed E-state index contributed by atoms with van der Waals surface area (Å²) in [5.41, 5.74) is 0. The van der Waals surface area contributed by atoms with Crippen LogP contribution in [-0.2, 0) is 52.2 Å². The summed E-state index contributed by atoms with van der Waals surface area (Å²) in [7, 11) is 0. The summed E-state index contributed by atoms with van der Waals surface area (Å²) in [4.78, 5) is 24.4. The largest absolute Gasteiger partial charge is 0.394 e. The molecular weight excluding hydrogens is 848 g/mol. The first-order valence-electron chi connectivity index (χ1n) is 19.9. The summed E-state index contributed by atoms with van der Waals surface area (Å²) >= 11 is 0. The molecule has 0 saturated carbocycles. The molecule has 0 aromatic carbocycles. The van der Waals surface area contributed by atoms with E-state index in [1.807, 2.05) is 0 Å². The number of carbonyl (C=O) groups is 2. The Hall–Kier alpha value is -1.98. The van der Waals surface area contributed by atoms with Crippen LogP contribution in [-0.4, -0.2) is 270 Å². The number of aliphatic hydroxyl groups is 14. The number of amides is 2. The lowest BCUT2D eigenvalue weighted by molar-refractivity contribution is -0.383. The van der Waals surface area contributed by atoms with Gasteiger partial charge in [-0.05, 0) is 6.92 Å². The molecule has 0 aromatic rings. The molecule has 5 fully saturated rings. The second-order valence-electron chi connectivity index (χ2n) is 15.8. The van der Waals surface area contributed by atoms with Crippen LogP contribution in [0.4, 0.5) is 0 Å². The summed E-state index contributed by atoms with van der Waals surface area (Å²) in [6.07, 6.45) is -40.1. The molecule has 25 atom stereocenters. The quantitative estimate of drug-likeness (QED) is 0.0725. The Bertz CT molecular complexity index is 1440. The van der Waals surface area contributed by atoms with Crippen molar-refractivity contribution in [3.63, 3.8) is 0 Å². The molecule has 0 aromatic heterocycles. The Labute approximate surface area is 353 Å². The fourth-order valence-electron chi connectivity index (χ4n) is 7.98. The van der Waals surface area contributed by atoms with Crippen LogP contribution in [0.1, 0.15) is 20.8 Å². The molecular formula is C35H60N2O25. The smallest absolute Gasteiger partial charge is 0.217 e. The molecule has 0 bridgehead atoms. The zero-order chi connectivity index (χ0) is 45.9.